The second-order valence-electron chi connectivity index (χ2n) is 10.8. The Morgan fingerprint density at radius 3 is 2.64 bits per heavy atom. The summed E-state index contributed by atoms with van der Waals surface area (Å²) in [5.74, 6) is -0.635. The summed E-state index contributed by atoms with van der Waals surface area (Å²) in [5.41, 5.74) is 12.2. The molecule has 5 N–H and O–H groups in total. The monoisotopic (exact) mass is 611 g/mol. The van der Waals surface area contributed by atoms with Crippen molar-refractivity contribution in [2.75, 3.05) is 11.6 Å². The van der Waals surface area contributed by atoms with Crippen LogP contribution in [0.3, 0.4) is 0 Å². The number of aromatic amines is 2. The number of rotatable bonds is 9. The number of amides is 1. The highest BCUT2D eigenvalue weighted by atomic mass is 32.2. The first-order valence-corrected chi connectivity index (χ1v) is 16.0. The lowest BCUT2D eigenvalue weighted by Gasteiger charge is -2.12. The van der Waals surface area contributed by atoms with Gasteiger partial charge < -0.3 is 16.0 Å². The summed E-state index contributed by atoms with van der Waals surface area (Å²) in [4.78, 5) is 24.5. The number of nitrogens with one attached hydrogen (secondary N) is 3. The maximum atomic E-state index is 14.7. The van der Waals surface area contributed by atoms with Crippen molar-refractivity contribution in [3.63, 3.8) is 0 Å². The first kappa shape index (κ1) is 29.1. The Morgan fingerprint density at radius 1 is 1.02 bits per heavy atom. The number of sulfone groups is 1. The van der Waals surface area contributed by atoms with Crippen LogP contribution in [-0.4, -0.2) is 45.7 Å². The number of pyridine rings is 2. The minimum absolute atomic E-state index is 0.0533. The Morgan fingerprint density at radius 2 is 1.84 bits per heavy atom. The molecule has 0 radical (unpaired) electrons. The molecule has 44 heavy (non-hydrogen) atoms. The van der Waals surface area contributed by atoms with Crippen molar-refractivity contribution in [2.24, 2.45) is 5.73 Å². The van der Waals surface area contributed by atoms with E-state index in [-0.39, 0.29) is 11.5 Å². The van der Waals surface area contributed by atoms with E-state index in [0.717, 1.165) is 58.3 Å². The predicted octanol–water partition coefficient (Wildman–Crippen LogP) is 6.10. The highest BCUT2D eigenvalue weighted by Gasteiger charge is 2.21. The fraction of sp³-hybridized carbons (Fsp3) is 0.188. The van der Waals surface area contributed by atoms with Crippen LogP contribution in [0.2, 0.25) is 0 Å². The van der Waals surface area contributed by atoms with Gasteiger partial charge in [0.25, 0.3) is 0 Å². The Hall–Kier alpha value is -4.94. The lowest BCUT2D eigenvalue weighted by Crippen LogP contribution is -2.20. The van der Waals surface area contributed by atoms with Gasteiger partial charge in [0.15, 0.2) is 15.5 Å². The van der Waals surface area contributed by atoms with Crippen LogP contribution in [0.1, 0.15) is 37.1 Å². The number of nitrogens with zero attached hydrogens (tertiary/aromatic N) is 3. The Bertz CT molecular complexity index is 2140. The van der Waals surface area contributed by atoms with E-state index in [2.05, 4.69) is 30.5 Å². The van der Waals surface area contributed by atoms with E-state index in [1.807, 2.05) is 43.3 Å². The molecular formula is C32H30FN7O3S. The number of hydrogen-bond donors (Lipinski definition) is 4. The largest absolute Gasteiger partial charge is 0.353 e. The summed E-state index contributed by atoms with van der Waals surface area (Å²) < 4.78 is 38.8. The number of H-pyrrole nitrogens is 2. The first-order valence-electron chi connectivity index (χ1n) is 14.1. The SMILES string of the molecule is CCCCC(=O)Nc1cncc(-c2cnc3n[nH]c(-c4cc5c(-c6cc(F)cc(C(N)S(C)(=O)=O)c6)cccc5[nH]4)c3c2)c1. The second-order valence-corrected chi connectivity index (χ2v) is 12.9. The number of unbranched alkanes of at least 4 members (excludes halogenated alkanes) is 1. The number of nitrogens with two attached hydrogens (primary N) is 1. The zero-order valence-corrected chi connectivity index (χ0v) is 24.9. The Labute approximate surface area is 252 Å². The molecule has 4 heterocycles. The molecule has 10 nitrogen and oxygen atoms in total. The molecular weight excluding hydrogens is 581 g/mol. The smallest absolute Gasteiger partial charge is 0.224 e. The molecule has 0 aliphatic carbocycles. The van der Waals surface area contributed by atoms with E-state index in [1.54, 1.807) is 24.7 Å². The van der Waals surface area contributed by atoms with Gasteiger partial charge in [0.1, 0.15) is 11.2 Å². The van der Waals surface area contributed by atoms with Gasteiger partial charge >= 0.3 is 0 Å². The van der Waals surface area contributed by atoms with Crippen LogP contribution in [0.5, 0.6) is 0 Å². The molecule has 0 aliphatic heterocycles. The third-order valence-electron chi connectivity index (χ3n) is 7.48. The van der Waals surface area contributed by atoms with Gasteiger partial charge in [0.2, 0.25) is 5.91 Å². The van der Waals surface area contributed by atoms with Crippen LogP contribution in [0.25, 0.3) is 55.6 Å². The van der Waals surface area contributed by atoms with Gasteiger partial charge in [-0.05, 0) is 65.6 Å². The molecule has 0 saturated carbocycles. The summed E-state index contributed by atoms with van der Waals surface area (Å²) in [6.45, 7) is 2.04. The van der Waals surface area contributed by atoms with Crippen molar-refractivity contribution in [1.29, 1.82) is 0 Å². The fourth-order valence-electron chi connectivity index (χ4n) is 5.21. The quantitative estimate of drug-likeness (QED) is 0.154. The molecule has 1 unspecified atom stereocenters. The summed E-state index contributed by atoms with van der Waals surface area (Å²) in [7, 11) is -3.63. The average molecular weight is 612 g/mol. The van der Waals surface area contributed by atoms with Gasteiger partial charge in [-0.3, -0.25) is 14.9 Å². The van der Waals surface area contributed by atoms with Gasteiger partial charge in [-0.2, -0.15) is 5.10 Å². The molecule has 1 atom stereocenters. The van der Waals surface area contributed by atoms with Gasteiger partial charge in [-0.15, -0.1) is 0 Å². The van der Waals surface area contributed by atoms with Gasteiger partial charge in [0, 0.05) is 52.5 Å². The van der Waals surface area contributed by atoms with Crippen molar-refractivity contribution in [3.8, 4) is 33.6 Å². The van der Waals surface area contributed by atoms with Crippen LogP contribution in [0, 0.1) is 5.82 Å². The maximum absolute atomic E-state index is 14.7. The minimum Gasteiger partial charge on any atom is -0.353 e. The number of carbonyl (C=O) groups excluding carboxylic acids is 1. The van der Waals surface area contributed by atoms with Gasteiger partial charge in [-0.25, -0.2) is 17.8 Å². The minimum atomic E-state index is -3.63. The van der Waals surface area contributed by atoms with Crippen LogP contribution in [0.4, 0.5) is 10.1 Å². The second kappa shape index (κ2) is 11.6. The number of benzene rings is 2. The summed E-state index contributed by atoms with van der Waals surface area (Å²) in [6.07, 6.45) is 8.26. The third-order valence-corrected chi connectivity index (χ3v) is 8.67. The number of fused-ring (bicyclic) bond motifs is 2. The maximum Gasteiger partial charge on any atom is 0.224 e. The first-order chi connectivity index (χ1) is 21.1. The standard InChI is InChI=1S/C32H30FN7O3S/c1-3-4-8-29(41)37-23-12-20(15-35-17-23)21-13-26-30(39-40-32(26)36-16-21)28-14-25-24(6-5-7-27(25)38-28)18-9-19(11-22(33)10-18)31(34)44(2,42)43/h5-7,9-17,31,38H,3-4,8,34H2,1-2H3,(H,37,41)(H,36,39,40). The molecule has 1 amide bonds. The molecule has 0 spiro atoms. The van der Waals surface area contributed by atoms with Crippen molar-refractivity contribution in [3.05, 3.63) is 84.6 Å². The van der Waals surface area contributed by atoms with Crippen molar-refractivity contribution in [2.45, 2.75) is 31.6 Å². The van der Waals surface area contributed by atoms with Gasteiger partial charge in [0.05, 0.1) is 23.3 Å². The molecule has 2 aromatic carbocycles. The van der Waals surface area contributed by atoms with Crippen LogP contribution < -0.4 is 11.1 Å². The predicted molar refractivity (Wildman–Crippen MR) is 170 cm³/mol. The van der Waals surface area contributed by atoms with E-state index in [0.29, 0.717) is 34.6 Å². The van der Waals surface area contributed by atoms with Crippen molar-refractivity contribution >= 4 is 43.4 Å². The summed E-state index contributed by atoms with van der Waals surface area (Å²) in [6, 6.07) is 15.4. The van der Waals surface area contributed by atoms with Crippen LogP contribution in [-0.2, 0) is 14.6 Å². The molecule has 224 valence electrons. The van der Waals surface area contributed by atoms with Crippen LogP contribution in [0.15, 0.2) is 73.2 Å². The molecule has 0 aliphatic rings. The molecule has 12 heteroatoms. The molecule has 6 aromatic rings. The topological polar surface area (TPSA) is 160 Å². The molecule has 4 aromatic heterocycles. The number of halogens is 1. The Kier molecular flexibility index (Phi) is 7.70. The third kappa shape index (κ3) is 5.81. The van der Waals surface area contributed by atoms with Crippen molar-refractivity contribution in [1.82, 2.24) is 25.1 Å². The highest BCUT2D eigenvalue weighted by molar-refractivity contribution is 7.90. The van der Waals surface area contributed by atoms with E-state index in [9.17, 15) is 17.6 Å². The van der Waals surface area contributed by atoms with Crippen molar-refractivity contribution < 1.29 is 17.6 Å². The van der Waals surface area contributed by atoms with Gasteiger partial charge in [-0.1, -0.05) is 25.5 Å². The highest BCUT2D eigenvalue weighted by Crippen LogP contribution is 2.36. The normalized spacial score (nSPS) is 12.5. The van der Waals surface area contributed by atoms with E-state index in [4.69, 9.17) is 5.73 Å². The molecule has 0 fully saturated rings. The zero-order valence-electron chi connectivity index (χ0n) is 24.1. The number of anilines is 1. The zero-order chi connectivity index (χ0) is 31.0. The lowest BCUT2D eigenvalue weighted by molar-refractivity contribution is -0.116. The molecule has 6 rings (SSSR count). The van der Waals surface area contributed by atoms with E-state index >= 15 is 0 Å². The summed E-state index contributed by atoms with van der Waals surface area (Å²) >= 11 is 0. The molecule has 0 bridgehead atoms. The van der Waals surface area contributed by atoms with E-state index < -0.39 is 21.0 Å². The number of aromatic nitrogens is 5. The van der Waals surface area contributed by atoms with Crippen LogP contribution >= 0.6 is 0 Å². The fourth-order valence-corrected chi connectivity index (χ4v) is 5.84. The molecule has 0 saturated heterocycles. The average Bonchev–Trinajstić information content (AvgIpc) is 3.62. The van der Waals surface area contributed by atoms with E-state index in [1.165, 1.54) is 6.07 Å². The Balaban J connectivity index is 1.38. The number of hydrogen-bond acceptors (Lipinski definition) is 7. The lowest BCUT2D eigenvalue weighted by atomic mass is 9.99. The number of carbonyl (C=O) groups is 1. The summed E-state index contributed by atoms with van der Waals surface area (Å²) in [5, 5.41) is 10.6.